The van der Waals surface area contributed by atoms with E-state index in [1.54, 1.807) is 29.9 Å². The maximum absolute atomic E-state index is 12.3. The van der Waals surface area contributed by atoms with Gasteiger partial charge in [0.05, 0.1) is 17.4 Å². The van der Waals surface area contributed by atoms with E-state index in [-0.39, 0.29) is 5.95 Å². The molecule has 0 unspecified atom stereocenters. The molecule has 0 atom stereocenters. The fourth-order valence-electron chi connectivity index (χ4n) is 2.53. The van der Waals surface area contributed by atoms with E-state index in [9.17, 15) is 13.2 Å². The van der Waals surface area contributed by atoms with Crippen LogP contribution in [0.4, 0.5) is 19.1 Å². The minimum absolute atomic E-state index is 0.0726. The Morgan fingerprint density at radius 2 is 2.12 bits per heavy atom. The van der Waals surface area contributed by atoms with Gasteiger partial charge in [-0.2, -0.15) is 18.3 Å². The molecule has 8 heteroatoms. The number of hydrogen-bond donors (Lipinski definition) is 1. The van der Waals surface area contributed by atoms with E-state index in [4.69, 9.17) is 0 Å². The Labute approximate surface area is 147 Å². The lowest BCUT2D eigenvalue weighted by Gasteiger charge is -2.12. The van der Waals surface area contributed by atoms with Crippen LogP contribution in [0.5, 0.6) is 0 Å². The third kappa shape index (κ3) is 3.58. The summed E-state index contributed by atoms with van der Waals surface area (Å²) in [6.45, 7) is 8.36. The quantitative estimate of drug-likeness (QED) is 0.745. The van der Waals surface area contributed by atoms with Gasteiger partial charge in [0.25, 0.3) is 0 Å². The molecular weight excluding hydrogens is 343 g/mol. The summed E-state index contributed by atoms with van der Waals surface area (Å²) in [6, 6.07) is 3.77. The summed E-state index contributed by atoms with van der Waals surface area (Å²) in [6.07, 6.45) is 2.37. The average molecular weight is 359 g/mol. The van der Waals surface area contributed by atoms with Gasteiger partial charge >= 0.3 is 6.18 Å². The molecule has 3 aromatic heterocycles. The molecular formula is C18H16F3N5. The Balaban J connectivity index is 1.89. The molecule has 0 aliphatic heterocycles. The van der Waals surface area contributed by atoms with Crippen LogP contribution >= 0.6 is 0 Å². The summed E-state index contributed by atoms with van der Waals surface area (Å²) in [4.78, 5) is 8.05. The zero-order valence-electron chi connectivity index (χ0n) is 14.0. The Hall–Kier alpha value is -3.16. The molecule has 0 aliphatic carbocycles. The molecule has 0 aromatic carbocycles. The molecule has 0 amide bonds. The van der Waals surface area contributed by atoms with Crippen molar-refractivity contribution < 1.29 is 13.2 Å². The largest absolute Gasteiger partial charge is 0.405 e. The number of pyridine rings is 1. The van der Waals surface area contributed by atoms with E-state index in [1.807, 2.05) is 12.1 Å². The van der Waals surface area contributed by atoms with Crippen LogP contribution in [0.3, 0.4) is 0 Å². The highest BCUT2D eigenvalue weighted by atomic mass is 19.4. The molecule has 5 nitrogen and oxygen atoms in total. The molecule has 0 aliphatic rings. The topological polar surface area (TPSA) is 55.1 Å². The zero-order chi connectivity index (χ0) is 18.9. The SMILES string of the molecule is C=Cc1cnn2ccc(C(=C)c3cnc(NCC(F)(F)F)nc3C)cc12. The summed E-state index contributed by atoms with van der Waals surface area (Å²) in [5.41, 5.74) is 4.46. The third-order valence-electron chi connectivity index (χ3n) is 3.87. The van der Waals surface area contributed by atoms with Gasteiger partial charge in [-0.15, -0.1) is 0 Å². The van der Waals surface area contributed by atoms with Gasteiger partial charge < -0.3 is 5.32 Å². The van der Waals surface area contributed by atoms with E-state index in [0.29, 0.717) is 16.8 Å². The predicted molar refractivity (Wildman–Crippen MR) is 94.7 cm³/mol. The van der Waals surface area contributed by atoms with Crippen molar-refractivity contribution in [3.05, 3.63) is 66.3 Å². The Morgan fingerprint density at radius 3 is 2.77 bits per heavy atom. The molecule has 134 valence electrons. The fourth-order valence-corrected chi connectivity index (χ4v) is 2.53. The van der Waals surface area contributed by atoms with Crippen LogP contribution in [0.1, 0.15) is 22.4 Å². The molecule has 0 saturated heterocycles. The highest BCUT2D eigenvalue weighted by molar-refractivity contribution is 5.82. The van der Waals surface area contributed by atoms with Crippen LogP contribution in [0.2, 0.25) is 0 Å². The van der Waals surface area contributed by atoms with Gasteiger partial charge in [0.15, 0.2) is 0 Å². The number of nitrogens with one attached hydrogen (secondary N) is 1. The fraction of sp³-hybridized carbons (Fsp3) is 0.167. The maximum Gasteiger partial charge on any atom is 0.405 e. The minimum Gasteiger partial charge on any atom is -0.345 e. The molecule has 0 spiro atoms. The number of aromatic nitrogens is 4. The summed E-state index contributed by atoms with van der Waals surface area (Å²) in [5.74, 6) is -0.0726. The number of nitrogens with zero attached hydrogens (tertiary/aromatic N) is 4. The highest BCUT2D eigenvalue weighted by Gasteiger charge is 2.27. The highest BCUT2D eigenvalue weighted by Crippen LogP contribution is 2.26. The maximum atomic E-state index is 12.3. The molecule has 1 N–H and O–H groups in total. The number of hydrogen-bond acceptors (Lipinski definition) is 4. The minimum atomic E-state index is -4.33. The van der Waals surface area contributed by atoms with Crippen LogP contribution in [-0.4, -0.2) is 32.3 Å². The van der Waals surface area contributed by atoms with Crippen LogP contribution < -0.4 is 5.32 Å². The third-order valence-corrected chi connectivity index (χ3v) is 3.87. The number of rotatable bonds is 5. The van der Waals surface area contributed by atoms with Crippen molar-refractivity contribution in [2.24, 2.45) is 0 Å². The normalized spacial score (nSPS) is 11.5. The summed E-state index contributed by atoms with van der Waals surface area (Å²) in [5, 5.41) is 6.39. The van der Waals surface area contributed by atoms with Crippen molar-refractivity contribution in [1.29, 1.82) is 0 Å². The van der Waals surface area contributed by atoms with Gasteiger partial charge in [-0.05, 0) is 30.2 Å². The first kappa shape index (κ1) is 17.7. The summed E-state index contributed by atoms with van der Waals surface area (Å²) in [7, 11) is 0. The number of aryl methyl sites for hydroxylation is 1. The van der Waals surface area contributed by atoms with Crippen LogP contribution in [0.25, 0.3) is 17.2 Å². The Bertz CT molecular complexity index is 988. The Kier molecular flexibility index (Phi) is 4.50. The van der Waals surface area contributed by atoms with Crippen molar-refractivity contribution in [3.63, 3.8) is 0 Å². The lowest BCUT2D eigenvalue weighted by Crippen LogP contribution is -2.22. The second-order valence-corrected chi connectivity index (χ2v) is 5.69. The molecule has 0 bridgehead atoms. The molecule has 26 heavy (non-hydrogen) atoms. The molecule has 0 saturated carbocycles. The lowest BCUT2D eigenvalue weighted by atomic mass is 10.00. The van der Waals surface area contributed by atoms with Gasteiger partial charge in [-0.1, -0.05) is 19.2 Å². The standard InChI is InChI=1S/C18H16F3N5/c1-4-13-8-24-26-6-5-14(7-16(13)26)11(2)15-9-22-17(25-12(15)3)23-10-18(19,20)21/h4-9H,1-2,10H2,3H3,(H,22,23,25). The first-order chi connectivity index (χ1) is 12.3. The van der Waals surface area contributed by atoms with E-state index in [2.05, 4.69) is 33.5 Å². The van der Waals surface area contributed by atoms with Gasteiger partial charge in [-0.25, -0.2) is 14.5 Å². The van der Waals surface area contributed by atoms with Gasteiger partial charge in [0, 0.05) is 23.5 Å². The van der Waals surface area contributed by atoms with Crippen molar-refractivity contribution in [3.8, 4) is 0 Å². The van der Waals surface area contributed by atoms with E-state index in [1.165, 1.54) is 6.20 Å². The monoisotopic (exact) mass is 359 g/mol. The summed E-state index contributed by atoms with van der Waals surface area (Å²) < 4.78 is 38.6. The van der Waals surface area contributed by atoms with E-state index < -0.39 is 12.7 Å². The lowest BCUT2D eigenvalue weighted by molar-refractivity contribution is -0.115. The van der Waals surface area contributed by atoms with Crippen LogP contribution in [-0.2, 0) is 0 Å². The van der Waals surface area contributed by atoms with Crippen LogP contribution in [0, 0.1) is 6.92 Å². The molecule has 3 aromatic rings. The van der Waals surface area contributed by atoms with Gasteiger partial charge in [0.1, 0.15) is 6.54 Å². The van der Waals surface area contributed by atoms with Crippen molar-refractivity contribution in [2.45, 2.75) is 13.1 Å². The number of fused-ring (bicyclic) bond motifs is 1. The molecule has 0 fully saturated rings. The smallest absolute Gasteiger partial charge is 0.345 e. The van der Waals surface area contributed by atoms with Crippen molar-refractivity contribution in [2.75, 3.05) is 11.9 Å². The second kappa shape index (κ2) is 6.62. The second-order valence-electron chi connectivity index (χ2n) is 5.69. The first-order valence-electron chi connectivity index (χ1n) is 7.72. The number of halogens is 3. The van der Waals surface area contributed by atoms with Gasteiger partial charge in [-0.3, -0.25) is 0 Å². The summed E-state index contributed by atoms with van der Waals surface area (Å²) >= 11 is 0. The first-order valence-corrected chi connectivity index (χ1v) is 7.72. The van der Waals surface area contributed by atoms with Crippen molar-refractivity contribution in [1.82, 2.24) is 19.6 Å². The predicted octanol–water partition coefficient (Wildman–Crippen LogP) is 4.11. The molecule has 3 heterocycles. The molecule has 0 radical (unpaired) electrons. The van der Waals surface area contributed by atoms with Crippen LogP contribution in [0.15, 0.2) is 43.9 Å². The molecule has 3 rings (SSSR count). The van der Waals surface area contributed by atoms with Gasteiger partial charge in [0.2, 0.25) is 5.95 Å². The van der Waals surface area contributed by atoms with E-state index in [0.717, 1.165) is 16.6 Å². The van der Waals surface area contributed by atoms with E-state index >= 15 is 0 Å². The number of anilines is 1. The number of alkyl halides is 3. The Morgan fingerprint density at radius 1 is 1.35 bits per heavy atom. The van der Waals surface area contributed by atoms with Crippen molar-refractivity contribution >= 4 is 23.1 Å². The zero-order valence-corrected chi connectivity index (χ0v) is 14.0. The average Bonchev–Trinajstić information content (AvgIpc) is 3.01.